The summed E-state index contributed by atoms with van der Waals surface area (Å²) in [5.41, 5.74) is -0.568. The van der Waals surface area contributed by atoms with Crippen molar-refractivity contribution in [3.8, 4) is 0 Å². The molecule has 1 atom stereocenters. The van der Waals surface area contributed by atoms with Crippen molar-refractivity contribution in [3.63, 3.8) is 0 Å². The Morgan fingerprint density at radius 2 is 1.81 bits per heavy atom. The van der Waals surface area contributed by atoms with Crippen LogP contribution in [-0.4, -0.2) is 48.4 Å². The standard InChI is InChI=1S/C10H20BClN2O2/c1-9(2)10(3,4)16-11(15-9)14-6-5-13-8(12)7-14/h8,13H,5-7H2,1-4H3. The molecule has 16 heavy (non-hydrogen) atoms. The predicted octanol–water partition coefficient (Wildman–Crippen LogP) is 1.05. The lowest BCUT2D eigenvalue weighted by Crippen LogP contribution is -2.55. The normalized spacial score (nSPS) is 34.3. The van der Waals surface area contributed by atoms with E-state index in [0.717, 1.165) is 19.6 Å². The molecule has 92 valence electrons. The fraction of sp³-hybridized carbons (Fsp3) is 1.00. The molecule has 2 fully saturated rings. The largest absolute Gasteiger partial charge is 0.558 e. The van der Waals surface area contributed by atoms with Gasteiger partial charge in [0, 0.05) is 19.6 Å². The van der Waals surface area contributed by atoms with Crippen molar-refractivity contribution in [2.24, 2.45) is 0 Å². The molecule has 0 saturated carbocycles. The van der Waals surface area contributed by atoms with Gasteiger partial charge >= 0.3 is 7.25 Å². The molecule has 2 aliphatic heterocycles. The van der Waals surface area contributed by atoms with Crippen LogP contribution >= 0.6 is 11.6 Å². The number of hydrogen-bond donors (Lipinski definition) is 1. The molecule has 0 spiro atoms. The summed E-state index contributed by atoms with van der Waals surface area (Å²) in [6.07, 6.45) is 0. The van der Waals surface area contributed by atoms with E-state index in [1.807, 2.05) is 0 Å². The van der Waals surface area contributed by atoms with E-state index in [1.165, 1.54) is 0 Å². The minimum atomic E-state index is -0.273. The molecule has 0 aromatic heterocycles. The van der Waals surface area contributed by atoms with Gasteiger partial charge in [-0.2, -0.15) is 0 Å². The first-order chi connectivity index (χ1) is 7.32. The Labute approximate surface area is 103 Å². The van der Waals surface area contributed by atoms with E-state index in [4.69, 9.17) is 20.9 Å². The monoisotopic (exact) mass is 246 g/mol. The van der Waals surface area contributed by atoms with Crippen LogP contribution in [0.5, 0.6) is 0 Å². The van der Waals surface area contributed by atoms with Crippen LogP contribution in [0.25, 0.3) is 0 Å². The first-order valence-electron chi connectivity index (χ1n) is 5.79. The Morgan fingerprint density at radius 3 is 2.31 bits per heavy atom. The average Bonchev–Trinajstić information content (AvgIpc) is 2.36. The number of piperazine rings is 1. The van der Waals surface area contributed by atoms with E-state index in [-0.39, 0.29) is 24.0 Å². The maximum Gasteiger partial charge on any atom is 0.558 e. The highest BCUT2D eigenvalue weighted by molar-refractivity contribution is 6.42. The molecule has 6 heteroatoms. The molecule has 1 N–H and O–H groups in total. The van der Waals surface area contributed by atoms with Crippen LogP contribution in [-0.2, 0) is 9.31 Å². The number of nitrogens with zero attached hydrogens (tertiary/aromatic N) is 1. The molecule has 0 aliphatic carbocycles. The molecule has 0 aromatic rings. The average molecular weight is 247 g/mol. The van der Waals surface area contributed by atoms with E-state index in [2.05, 4.69) is 37.8 Å². The smallest absolute Gasteiger partial charge is 0.389 e. The zero-order valence-electron chi connectivity index (χ0n) is 10.4. The summed E-state index contributed by atoms with van der Waals surface area (Å²) in [4.78, 5) is 2.14. The van der Waals surface area contributed by atoms with E-state index in [1.54, 1.807) is 0 Å². The highest BCUT2D eigenvalue weighted by Crippen LogP contribution is 2.37. The third-order valence-electron chi connectivity index (χ3n) is 3.70. The summed E-state index contributed by atoms with van der Waals surface area (Å²) in [6.45, 7) is 10.8. The van der Waals surface area contributed by atoms with Gasteiger partial charge in [0.1, 0.15) is 0 Å². The van der Waals surface area contributed by atoms with Gasteiger partial charge in [0.25, 0.3) is 0 Å². The summed E-state index contributed by atoms with van der Waals surface area (Å²) < 4.78 is 11.9. The van der Waals surface area contributed by atoms with Gasteiger partial charge in [-0.1, -0.05) is 0 Å². The summed E-state index contributed by atoms with van der Waals surface area (Å²) >= 11 is 6.07. The van der Waals surface area contributed by atoms with Gasteiger partial charge < -0.3 is 9.31 Å². The van der Waals surface area contributed by atoms with E-state index < -0.39 is 0 Å². The van der Waals surface area contributed by atoms with Crippen LogP contribution in [0, 0.1) is 0 Å². The molecule has 0 aromatic carbocycles. The third-order valence-corrected chi connectivity index (χ3v) is 3.99. The molecule has 2 rings (SSSR count). The second-order valence-corrected chi connectivity index (χ2v) is 6.01. The number of halogens is 1. The van der Waals surface area contributed by atoms with E-state index in [9.17, 15) is 0 Å². The van der Waals surface area contributed by atoms with Crippen molar-refractivity contribution >= 4 is 18.9 Å². The zero-order valence-corrected chi connectivity index (χ0v) is 11.2. The molecule has 2 aliphatic rings. The van der Waals surface area contributed by atoms with Gasteiger partial charge in [-0.15, -0.1) is 11.6 Å². The highest BCUT2D eigenvalue weighted by Gasteiger charge is 2.54. The Balaban J connectivity index is 2.02. The molecule has 0 bridgehead atoms. The lowest BCUT2D eigenvalue weighted by molar-refractivity contribution is 0.00578. The van der Waals surface area contributed by atoms with Crippen LogP contribution in [0.15, 0.2) is 0 Å². The second-order valence-electron chi connectivity index (χ2n) is 5.48. The van der Waals surface area contributed by atoms with Gasteiger partial charge in [-0.3, -0.25) is 10.1 Å². The van der Waals surface area contributed by atoms with E-state index in [0.29, 0.717) is 0 Å². The Kier molecular flexibility index (Phi) is 3.27. The topological polar surface area (TPSA) is 33.7 Å². The quantitative estimate of drug-likeness (QED) is 0.426. The molecule has 0 radical (unpaired) electrons. The van der Waals surface area contributed by atoms with Gasteiger partial charge in [0.2, 0.25) is 0 Å². The van der Waals surface area contributed by atoms with Gasteiger partial charge in [0.15, 0.2) is 0 Å². The van der Waals surface area contributed by atoms with Crippen LogP contribution in [0.1, 0.15) is 27.7 Å². The van der Waals surface area contributed by atoms with Crippen molar-refractivity contribution in [1.29, 1.82) is 0 Å². The number of alkyl halides is 1. The van der Waals surface area contributed by atoms with Crippen molar-refractivity contribution in [3.05, 3.63) is 0 Å². The Hall–Kier alpha value is 0.195. The Bertz CT molecular complexity index is 260. The fourth-order valence-corrected chi connectivity index (χ4v) is 2.17. The first kappa shape index (κ1) is 12.6. The van der Waals surface area contributed by atoms with Crippen LogP contribution < -0.4 is 5.32 Å². The molecular formula is C10H20BClN2O2. The number of hydrogen-bond acceptors (Lipinski definition) is 4. The van der Waals surface area contributed by atoms with Gasteiger partial charge in [0.05, 0.1) is 16.7 Å². The fourth-order valence-electron chi connectivity index (χ4n) is 1.88. The van der Waals surface area contributed by atoms with Crippen molar-refractivity contribution in [1.82, 2.24) is 10.1 Å². The van der Waals surface area contributed by atoms with Crippen LogP contribution in [0.4, 0.5) is 0 Å². The second kappa shape index (κ2) is 4.14. The maximum absolute atomic E-state index is 6.07. The first-order valence-corrected chi connectivity index (χ1v) is 6.23. The molecular weight excluding hydrogens is 226 g/mol. The summed E-state index contributed by atoms with van der Waals surface area (Å²) in [7, 11) is -0.270. The molecule has 2 saturated heterocycles. The molecule has 1 unspecified atom stereocenters. The predicted molar refractivity (Wildman–Crippen MR) is 65.3 cm³/mol. The minimum Gasteiger partial charge on any atom is -0.389 e. The molecule has 4 nitrogen and oxygen atoms in total. The van der Waals surface area contributed by atoms with Crippen molar-refractivity contribution < 1.29 is 9.31 Å². The lowest BCUT2D eigenvalue weighted by atomic mass is 9.90. The third kappa shape index (κ3) is 2.24. The lowest BCUT2D eigenvalue weighted by Gasteiger charge is -2.32. The molecule has 0 amide bonds. The van der Waals surface area contributed by atoms with Crippen molar-refractivity contribution in [2.75, 3.05) is 19.6 Å². The molecule has 2 heterocycles. The van der Waals surface area contributed by atoms with Crippen molar-refractivity contribution in [2.45, 2.75) is 44.4 Å². The number of nitrogens with one attached hydrogen (secondary N) is 1. The summed E-state index contributed by atoms with van der Waals surface area (Å²) in [6, 6.07) is 0. The summed E-state index contributed by atoms with van der Waals surface area (Å²) in [5.74, 6) is 0. The number of rotatable bonds is 1. The maximum atomic E-state index is 6.07. The van der Waals surface area contributed by atoms with Crippen LogP contribution in [0.2, 0.25) is 0 Å². The minimum absolute atomic E-state index is 0.0206. The highest BCUT2D eigenvalue weighted by atomic mass is 35.5. The van der Waals surface area contributed by atoms with Gasteiger partial charge in [-0.05, 0) is 27.7 Å². The van der Waals surface area contributed by atoms with Gasteiger partial charge in [-0.25, -0.2) is 0 Å². The van der Waals surface area contributed by atoms with Crippen LogP contribution in [0.3, 0.4) is 0 Å². The summed E-state index contributed by atoms with van der Waals surface area (Å²) in [5, 5.41) is 3.19. The van der Waals surface area contributed by atoms with E-state index >= 15 is 0 Å². The zero-order chi connectivity index (χ0) is 12.0. The SMILES string of the molecule is CC1(C)OB(N2CCNC(Cl)C2)OC1(C)C. The Morgan fingerprint density at radius 1 is 1.25 bits per heavy atom.